The van der Waals surface area contributed by atoms with Gasteiger partial charge in [-0.1, -0.05) is 0 Å². The lowest BCUT2D eigenvalue weighted by Crippen LogP contribution is -2.31. The van der Waals surface area contributed by atoms with Crippen molar-refractivity contribution in [1.29, 1.82) is 0 Å². The monoisotopic (exact) mass is 219 g/mol. The Kier molecular flexibility index (Phi) is 2.18. The summed E-state index contributed by atoms with van der Waals surface area (Å²) in [4.78, 5) is 19.6. The summed E-state index contributed by atoms with van der Waals surface area (Å²) >= 11 is 0. The molecule has 0 radical (unpaired) electrons. The Labute approximate surface area is 92.8 Å². The molecule has 0 unspecified atom stereocenters. The highest BCUT2D eigenvalue weighted by atomic mass is 16.4. The highest BCUT2D eigenvalue weighted by molar-refractivity contribution is 5.81. The van der Waals surface area contributed by atoms with Gasteiger partial charge in [0.15, 0.2) is 5.65 Å². The van der Waals surface area contributed by atoms with Crippen LogP contribution in [0.1, 0.15) is 19.7 Å². The van der Waals surface area contributed by atoms with Crippen LogP contribution in [-0.2, 0) is 17.3 Å². The van der Waals surface area contributed by atoms with Crippen molar-refractivity contribution in [2.45, 2.75) is 19.3 Å². The Bertz CT molecular complexity index is 557. The number of carboxylic acid groups (broad SMARTS) is 1. The van der Waals surface area contributed by atoms with Crippen molar-refractivity contribution in [3.63, 3.8) is 0 Å². The third-order valence-corrected chi connectivity index (χ3v) is 2.75. The fourth-order valence-electron chi connectivity index (χ4n) is 1.68. The summed E-state index contributed by atoms with van der Waals surface area (Å²) in [5.74, 6) is -0.389. The predicted octanol–water partition coefficient (Wildman–Crippen LogP) is 1.33. The SMILES string of the molecule is Cn1c(C(C)(C)C(=O)O)nc2ncccc21. The summed E-state index contributed by atoms with van der Waals surface area (Å²) in [6, 6.07) is 3.68. The molecule has 0 aliphatic heterocycles. The molecule has 0 aliphatic rings. The number of aromatic nitrogens is 3. The molecule has 5 nitrogen and oxygen atoms in total. The van der Waals surface area contributed by atoms with E-state index in [-0.39, 0.29) is 0 Å². The number of fused-ring (bicyclic) bond motifs is 1. The van der Waals surface area contributed by atoms with Crippen LogP contribution in [0.2, 0.25) is 0 Å². The van der Waals surface area contributed by atoms with Gasteiger partial charge in [-0.3, -0.25) is 4.79 Å². The first-order chi connectivity index (χ1) is 7.44. The molecule has 16 heavy (non-hydrogen) atoms. The number of aryl methyl sites for hydroxylation is 1. The molecule has 5 heteroatoms. The van der Waals surface area contributed by atoms with E-state index < -0.39 is 11.4 Å². The second-order valence-corrected chi connectivity index (χ2v) is 4.27. The molecular weight excluding hydrogens is 206 g/mol. The van der Waals surface area contributed by atoms with Crippen molar-refractivity contribution in [2.24, 2.45) is 7.05 Å². The zero-order valence-corrected chi connectivity index (χ0v) is 9.43. The van der Waals surface area contributed by atoms with Gasteiger partial charge in [-0.25, -0.2) is 9.97 Å². The topological polar surface area (TPSA) is 68.0 Å². The summed E-state index contributed by atoms with van der Waals surface area (Å²) in [7, 11) is 1.80. The zero-order valence-electron chi connectivity index (χ0n) is 9.43. The van der Waals surface area contributed by atoms with Gasteiger partial charge < -0.3 is 9.67 Å². The van der Waals surface area contributed by atoms with Crippen molar-refractivity contribution in [1.82, 2.24) is 14.5 Å². The van der Waals surface area contributed by atoms with Gasteiger partial charge in [-0.2, -0.15) is 0 Å². The Balaban J connectivity index is 2.71. The smallest absolute Gasteiger partial charge is 0.316 e. The molecule has 84 valence electrons. The van der Waals surface area contributed by atoms with Gasteiger partial charge in [-0.15, -0.1) is 0 Å². The van der Waals surface area contributed by atoms with E-state index in [4.69, 9.17) is 0 Å². The average molecular weight is 219 g/mol. The number of hydrogen-bond donors (Lipinski definition) is 1. The maximum atomic E-state index is 11.2. The second-order valence-electron chi connectivity index (χ2n) is 4.27. The summed E-state index contributed by atoms with van der Waals surface area (Å²) in [5, 5.41) is 9.17. The summed E-state index contributed by atoms with van der Waals surface area (Å²) in [6.07, 6.45) is 1.65. The van der Waals surface area contributed by atoms with E-state index >= 15 is 0 Å². The van der Waals surface area contributed by atoms with E-state index in [1.165, 1.54) is 0 Å². The van der Waals surface area contributed by atoms with Gasteiger partial charge in [0.1, 0.15) is 11.2 Å². The van der Waals surface area contributed by atoms with Crippen LogP contribution in [-0.4, -0.2) is 25.6 Å². The lowest BCUT2D eigenvalue weighted by molar-refractivity contribution is -0.142. The van der Waals surface area contributed by atoms with Crippen molar-refractivity contribution < 1.29 is 9.90 Å². The van der Waals surface area contributed by atoms with Crippen molar-refractivity contribution in [3.8, 4) is 0 Å². The van der Waals surface area contributed by atoms with Gasteiger partial charge in [0, 0.05) is 13.2 Å². The van der Waals surface area contributed by atoms with Gasteiger partial charge in [0.2, 0.25) is 0 Å². The molecule has 0 fully saturated rings. The fraction of sp³-hybridized carbons (Fsp3) is 0.364. The van der Waals surface area contributed by atoms with E-state index in [2.05, 4.69) is 9.97 Å². The van der Waals surface area contributed by atoms with E-state index in [1.807, 2.05) is 12.1 Å². The van der Waals surface area contributed by atoms with Crippen LogP contribution in [0.15, 0.2) is 18.3 Å². The number of carbonyl (C=O) groups is 1. The number of imidazole rings is 1. The van der Waals surface area contributed by atoms with E-state index in [0.717, 1.165) is 5.52 Å². The highest BCUT2D eigenvalue weighted by Gasteiger charge is 2.34. The molecule has 2 aromatic rings. The maximum absolute atomic E-state index is 11.2. The van der Waals surface area contributed by atoms with Gasteiger partial charge in [0.05, 0.1) is 5.52 Å². The molecule has 1 N–H and O–H groups in total. The Morgan fingerprint density at radius 1 is 1.50 bits per heavy atom. The number of pyridine rings is 1. The largest absolute Gasteiger partial charge is 0.481 e. The Hall–Kier alpha value is -1.91. The van der Waals surface area contributed by atoms with Crippen LogP contribution in [0, 0.1) is 0 Å². The number of hydrogen-bond acceptors (Lipinski definition) is 3. The number of rotatable bonds is 2. The zero-order chi connectivity index (χ0) is 11.9. The minimum Gasteiger partial charge on any atom is -0.481 e. The van der Waals surface area contributed by atoms with Crippen LogP contribution in [0.25, 0.3) is 11.2 Å². The molecule has 0 saturated heterocycles. The molecule has 0 amide bonds. The first-order valence-corrected chi connectivity index (χ1v) is 4.96. The van der Waals surface area contributed by atoms with Crippen molar-refractivity contribution in [3.05, 3.63) is 24.2 Å². The number of carboxylic acids is 1. The molecule has 0 spiro atoms. The minimum absolute atomic E-state index is 0.508. The van der Waals surface area contributed by atoms with E-state index in [1.54, 1.807) is 31.7 Å². The van der Waals surface area contributed by atoms with Crippen LogP contribution in [0.3, 0.4) is 0 Å². The standard InChI is InChI=1S/C11H13N3O2/c1-11(2,10(15)16)9-13-8-7(14(9)3)5-4-6-12-8/h4-6H,1-3H3,(H,15,16). The van der Waals surface area contributed by atoms with Crippen molar-refractivity contribution in [2.75, 3.05) is 0 Å². The normalized spacial score (nSPS) is 11.9. The second kappa shape index (κ2) is 3.30. The molecular formula is C11H13N3O2. The lowest BCUT2D eigenvalue weighted by atomic mass is 9.93. The Morgan fingerprint density at radius 2 is 2.19 bits per heavy atom. The van der Waals surface area contributed by atoms with Crippen LogP contribution < -0.4 is 0 Å². The number of nitrogens with zero attached hydrogens (tertiary/aromatic N) is 3. The van der Waals surface area contributed by atoms with Gasteiger partial charge >= 0.3 is 5.97 Å². The summed E-state index contributed by atoms with van der Waals surface area (Å²) < 4.78 is 1.77. The molecule has 2 heterocycles. The molecule has 2 aromatic heterocycles. The maximum Gasteiger partial charge on any atom is 0.316 e. The molecule has 0 saturated carbocycles. The molecule has 0 bridgehead atoms. The third-order valence-electron chi connectivity index (χ3n) is 2.75. The van der Waals surface area contributed by atoms with Crippen LogP contribution in [0.5, 0.6) is 0 Å². The Morgan fingerprint density at radius 3 is 2.75 bits per heavy atom. The summed E-state index contributed by atoms with van der Waals surface area (Å²) in [5.41, 5.74) is 0.399. The van der Waals surface area contributed by atoms with E-state index in [9.17, 15) is 9.90 Å². The van der Waals surface area contributed by atoms with E-state index in [0.29, 0.717) is 11.5 Å². The first-order valence-electron chi connectivity index (χ1n) is 4.96. The first kappa shape index (κ1) is 10.6. The van der Waals surface area contributed by atoms with Gasteiger partial charge in [0.25, 0.3) is 0 Å². The molecule has 0 aromatic carbocycles. The van der Waals surface area contributed by atoms with Crippen LogP contribution in [0.4, 0.5) is 0 Å². The van der Waals surface area contributed by atoms with Crippen LogP contribution >= 0.6 is 0 Å². The average Bonchev–Trinajstić information content (AvgIpc) is 2.57. The summed E-state index contributed by atoms with van der Waals surface area (Å²) in [6.45, 7) is 3.27. The van der Waals surface area contributed by atoms with Gasteiger partial charge in [-0.05, 0) is 26.0 Å². The third kappa shape index (κ3) is 1.36. The fourth-order valence-corrected chi connectivity index (χ4v) is 1.68. The lowest BCUT2D eigenvalue weighted by Gasteiger charge is -2.18. The van der Waals surface area contributed by atoms with Crippen molar-refractivity contribution >= 4 is 17.1 Å². The molecule has 0 atom stereocenters. The predicted molar refractivity (Wildman–Crippen MR) is 59.2 cm³/mol. The quantitative estimate of drug-likeness (QED) is 0.827. The minimum atomic E-state index is -1.02. The molecule has 2 rings (SSSR count). The number of aliphatic carboxylic acids is 1. The molecule has 0 aliphatic carbocycles. The highest BCUT2D eigenvalue weighted by Crippen LogP contribution is 2.25.